The van der Waals surface area contributed by atoms with Gasteiger partial charge in [-0.1, -0.05) is 0 Å². The van der Waals surface area contributed by atoms with Crippen LogP contribution in [0.5, 0.6) is 0 Å². The fraction of sp³-hybridized carbons (Fsp3) is 0.600. The molecule has 1 fully saturated rings. The van der Waals surface area contributed by atoms with Crippen LogP contribution in [0.4, 0.5) is 0 Å². The van der Waals surface area contributed by atoms with E-state index in [-0.39, 0.29) is 12.2 Å². The summed E-state index contributed by atoms with van der Waals surface area (Å²) in [6.45, 7) is 1.54. The lowest BCUT2D eigenvalue weighted by Gasteiger charge is -2.50. The maximum atomic E-state index is 12.4. The lowest BCUT2D eigenvalue weighted by Crippen LogP contribution is -2.62. The number of fused-ring (bicyclic) bond motifs is 2. The van der Waals surface area contributed by atoms with E-state index in [2.05, 4.69) is 0 Å². The molecule has 0 N–H and O–H groups in total. The van der Waals surface area contributed by atoms with Crippen molar-refractivity contribution < 1.29 is 33.4 Å². The molecule has 7 nitrogen and oxygen atoms in total. The molecule has 0 amide bonds. The lowest BCUT2D eigenvalue weighted by atomic mass is 9.57. The Bertz CT molecular complexity index is 632. The van der Waals surface area contributed by atoms with E-state index < -0.39 is 41.3 Å². The Morgan fingerprint density at radius 2 is 1.77 bits per heavy atom. The normalized spacial score (nSPS) is 36.0. The molecule has 0 spiro atoms. The largest absolute Gasteiger partial charge is 0.469 e. The smallest absolute Gasteiger partial charge is 0.317 e. The van der Waals surface area contributed by atoms with Gasteiger partial charge in [0.15, 0.2) is 5.78 Å². The second kappa shape index (κ2) is 4.66. The molecule has 4 atom stereocenters. The third kappa shape index (κ3) is 1.56. The topological polar surface area (TPSA) is 96.0 Å². The number of carbonyl (C=O) groups excluding carboxylic acids is 4. The van der Waals surface area contributed by atoms with E-state index in [0.717, 1.165) is 0 Å². The highest BCUT2D eigenvalue weighted by molar-refractivity contribution is 6.07. The van der Waals surface area contributed by atoms with E-state index in [1.807, 2.05) is 0 Å². The summed E-state index contributed by atoms with van der Waals surface area (Å²) < 4.78 is 14.9. The van der Waals surface area contributed by atoms with Crippen molar-refractivity contribution >= 4 is 23.7 Å². The number of hydrogen-bond donors (Lipinski definition) is 0. The van der Waals surface area contributed by atoms with Gasteiger partial charge in [-0.25, -0.2) is 0 Å². The van der Waals surface area contributed by atoms with Gasteiger partial charge < -0.3 is 14.2 Å². The van der Waals surface area contributed by atoms with Crippen LogP contribution in [0.15, 0.2) is 11.1 Å². The molecule has 0 saturated carbocycles. The molecule has 22 heavy (non-hydrogen) atoms. The van der Waals surface area contributed by atoms with E-state index in [9.17, 15) is 19.2 Å². The fourth-order valence-electron chi connectivity index (χ4n) is 3.97. The Kier molecular flexibility index (Phi) is 3.12. The lowest BCUT2D eigenvalue weighted by molar-refractivity contribution is -0.197. The predicted octanol–water partition coefficient (Wildman–Crippen LogP) is 0.170. The van der Waals surface area contributed by atoms with Crippen molar-refractivity contribution in [2.45, 2.75) is 25.9 Å². The molecule has 2 aliphatic heterocycles. The summed E-state index contributed by atoms with van der Waals surface area (Å²) in [5.41, 5.74) is -0.394. The zero-order valence-corrected chi connectivity index (χ0v) is 12.5. The molecule has 7 heteroatoms. The van der Waals surface area contributed by atoms with Crippen molar-refractivity contribution in [1.29, 1.82) is 0 Å². The Hall–Kier alpha value is -2.18. The minimum absolute atomic E-state index is 0.143. The van der Waals surface area contributed by atoms with Crippen LogP contribution in [0.2, 0.25) is 0 Å². The Morgan fingerprint density at radius 1 is 1.14 bits per heavy atom. The minimum Gasteiger partial charge on any atom is -0.469 e. The molecule has 0 aromatic rings. The molecule has 118 valence electrons. The summed E-state index contributed by atoms with van der Waals surface area (Å²) in [5.74, 6) is -4.20. The number of ketones is 1. The van der Waals surface area contributed by atoms with Crippen LogP contribution in [-0.2, 0) is 33.4 Å². The van der Waals surface area contributed by atoms with Gasteiger partial charge in [0.2, 0.25) is 0 Å². The fourth-order valence-corrected chi connectivity index (χ4v) is 3.97. The molecular weight excluding hydrogens is 292 g/mol. The van der Waals surface area contributed by atoms with Crippen LogP contribution >= 0.6 is 0 Å². The average Bonchev–Trinajstić information content (AvgIpc) is 2.90. The van der Waals surface area contributed by atoms with E-state index in [0.29, 0.717) is 17.6 Å². The number of carbonyl (C=O) groups is 4. The van der Waals surface area contributed by atoms with Crippen molar-refractivity contribution in [3.63, 3.8) is 0 Å². The number of Topliss-reactive ketones (excluding diaryl/α,β-unsaturated/α-hetero) is 1. The summed E-state index contributed by atoms with van der Waals surface area (Å²) >= 11 is 0. The standard InChI is InChI=1S/C15H16O7/c1-15-6-4-5-7(16)8(6)11(22-14(15)19)9(12(17)20-2)10(15)13(18)21-3/h9-11H,4-5H2,1-3H3/t9-,10+,11-,15+/m0/s1. The molecule has 4 aliphatic rings. The van der Waals surface area contributed by atoms with Crippen LogP contribution in [0, 0.1) is 17.3 Å². The zero-order valence-electron chi connectivity index (χ0n) is 12.5. The predicted molar refractivity (Wildman–Crippen MR) is 70.3 cm³/mol. The second-order valence-corrected chi connectivity index (χ2v) is 5.89. The van der Waals surface area contributed by atoms with Crippen LogP contribution in [0.3, 0.4) is 0 Å². The SMILES string of the molecule is COC(=O)[C@@H]1[C@H]2OC(=O)[C@](C)(C3=C2C(=O)CC3)[C@H]1C(=O)OC. The van der Waals surface area contributed by atoms with Crippen molar-refractivity contribution in [3.8, 4) is 0 Å². The molecule has 0 unspecified atom stereocenters. The van der Waals surface area contributed by atoms with E-state index in [4.69, 9.17) is 14.2 Å². The molecule has 2 aliphatic carbocycles. The number of methoxy groups -OCH3 is 2. The van der Waals surface area contributed by atoms with Gasteiger partial charge in [0.25, 0.3) is 0 Å². The molecule has 2 heterocycles. The van der Waals surface area contributed by atoms with Crippen LogP contribution in [-0.4, -0.2) is 44.0 Å². The summed E-state index contributed by atoms with van der Waals surface area (Å²) in [4.78, 5) is 49.0. The average molecular weight is 308 g/mol. The third-order valence-electron chi connectivity index (χ3n) is 5.03. The summed E-state index contributed by atoms with van der Waals surface area (Å²) in [7, 11) is 2.39. The number of esters is 3. The molecule has 0 aromatic carbocycles. The van der Waals surface area contributed by atoms with Gasteiger partial charge >= 0.3 is 17.9 Å². The minimum atomic E-state index is -1.36. The number of rotatable bonds is 2. The number of ether oxygens (including phenoxy) is 3. The van der Waals surface area contributed by atoms with Crippen molar-refractivity contribution in [1.82, 2.24) is 0 Å². The number of hydrogen-bond acceptors (Lipinski definition) is 7. The first-order valence-electron chi connectivity index (χ1n) is 7.01. The van der Waals surface area contributed by atoms with Crippen molar-refractivity contribution in [2.75, 3.05) is 14.2 Å². The Labute approximate surface area is 126 Å². The van der Waals surface area contributed by atoms with Crippen molar-refractivity contribution in [3.05, 3.63) is 11.1 Å². The van der Waals surface area contributed by atoms with Gasteiger partial charge in [-0.2, -0.15) is 0 Å². The third-order valence-corrected chi connectivity index (χ3v) is 5.03. The summed E-state index contributed by atoms with van der Waals surface area (Å²) in [6, 6.07) is 0. The quantitative estimate of drug-likeness (QED) is 0.530. The summed E-state index contributed by atoms with van der Waals surface area (Å²) in [5, 5.41) is 0. The maximum Gasteiger partial charge on any atom is 0.317 e. The van der Waals surface area contributed by atoms with Gasteiger partial charge in [0, 0.05) is 12.0 Å². The maximum absolute atomic E-state index is 12.4. The first-order chi connectivity index (χ1) is 10.4. The highest BCUT2D eigenvalue weighted by atomic mass is 16.6. The van der Waals surface area contributed by atoms with Crippen LogP contribution in [0.25, 0.3) is 0 Å². The molecular formula is C15H16O7. The Morgan fingerprint density at radius 3 is 2.36 bits per heavy atom. The molecule has 4 rings (SSSR count). The summed E-state index contributed by atoms with van der Waals surface area (Å²) in [6.07, 6.45) is -0.400. The second-order valence-electron chi connectivity index (χ2n) is 5.89. The Balaban J connectivity index is 2.23. The monoisotopic (exact) mass is 308 g/mol. The zero-order chi connectivity index (χ0) is 16.2. The van der Waals surface area contributed by atoms with E-state index in [1.165, 1.54) is 21.1 Å². The van der Waals surface area contributed by atoms with Crippen molar-refractivity contribution in [2.24, 2.45) is 17.3 Å². The van der Waals surface area contributed by atoms with Gasteiger partial charge in [-0.3, -0.25) is 19.2 Å². The van der Waals surface area contributed by atoms with Gasteiger partial charge in [0.1, 0.15) is 17.4 Å². The molecule has 0 radical (unpaired) electrons. The van der Waals surface area contributed by atoms with Crippen LogP contribution in [0.1, 0.15) is 19.8 Å². The highest BCUT2D eigenvalue weighted by Crippen LogP contribution is 2.58. The first-order valence-corrected chi connectivity index (χ1v) is 7.01. The van der Waals surface area contributed by atoms with Crippen LogP contribution < -0.4 is 0 Å². The van der Waals surface area contributed by atoms with Gasteiger partial charge in [-0.05, 0) is 18.9 Å². The van der Waals surface area contributed by atoms with E-state index >= 15 is 0 Å². The first kappa shape index (κ1) is 14.7. The molecule has 2 bridgehead atoms. The highest BCUT2D eigenvalue weighted by Gasteiger charge is 2.68. The van der Waals surface area contributed by atoms with Gasteiger partial charge in [-0.15, -0.1) is 0 Å². The molecule has 0 aromatic heterocycles. The van der Waals surface area contributed by atoms with Gasteiger partial charge in [0.05, 0.1) is 20.1 Å². The molecule has 1 saturated heterocycles. The van der Waals surface area contributed by atoms with E-state index in [1.54, 1.807) is 0 Å².